The Kier molecular flexibility index (Phi) is 9.96. The van der Waals surface area contributed by atoms with Crippen LogP contribution in [0.25, 0.3) is 5.82 Å². The summed E-state index contributed by atoms with van der Waals surface area (Å²) in [7, 11) is 0. The molecule has 0 aliphatic carbocycles. The Hall–Kier alpha value is -2.43. The molecule has 31 heavy (non-hydrogen) atoms. The first kappa shape index (κ1) is 24.8. The van der Waals surface area contributed by atoms with Crippen molar-refractivity contribution in [2.75, 3.05) is 6.54 Å². The molecule has 3 aromatic heterocycles. The lowest BCUT2D eigenvalue weighted by Crippen LogP contribution is -2.36. The van der Waals surface area contributed by atoms with E-state index in [0.717, 1.165) is 54.0 Å². The quantitative estimate of drug-likeness (QED) is 0.240. The summed E-state index contributed by atoms with van der Waals surface area (Å²) in [5.41, 5.74) is 2.06. The predicted octanol–water partition coefficient (Wildman–Crippen LogP) is 4.34. The number of rotatable bonds is 9. The van der Waals surface area contributed by atoms with Crippen LogP contribution in [-0.2, 0) is 13.1 Å². The third kappa shape index (κ3) is 6.78. The zero-order valence-electron chi connectivity index (χ0n) is 18.6. The van der Waals surface area contributed by atoms with Crippen LogP contribution in [0.15, 0.2) is 46.3 Å². The van der Waals surface area contributed by atoms with Crippen molar-refractivity contribution >= 4 is 29.9 Å². The molecule has 0 fully saturated rings. The number of guanidine groups is 1. The molecule has 3 heterocycles. The fourth-order valence-electron chi connectivity index (χ4n) is 3.27. The van der Waals surface area contributed by atoms with Crippen LogP contribution in [-0.4, -0.2) is 32.2 Å². The van der Waals surface area contributed by atoms with E-state index < -0.39 is 0 Å². The maximum absolute atomic E-state index is 5.49. The number of aliphatic imine (C=N–C) groups is 1. The van der Waals surface area contributed by atoms with E-state index in [9.17, 15) is 0 Å². The van der Waals surface area contributed by atoms with Gasteiger partial charge >= 0.3 is 0 Å². The van der Waals surface area contributed by atoms with Crippen LogP contribution < -0.4 is 10.6 Å². The molecule has 0 bridgehead atoms. The van der Waals surface area contributed by atoms with Crippen molar-refractivity contribution in [3.05, 3.63) is 59.6 Å². The van der Waals surface area contributed by atoms with Gasteiger partial charge in [-0.3, -0.25) is 4.57 Å². The molecule has 3 aromatic rings. The number of hydrogen-bond donors (Lipinski definition) is 2. The monoisotopic (exact) mass is 537 g/mol. The summed E-state index contributed by atoms with van der Waals surface area (Å²) < 4.78 is 7.44. The van der Waals surface area contributed by atoms with Crippen molar-refractivity contribution < 1.29 is 4.52 Å². The molecule has 0 aliphatic heterocycles. The van der Waals surface area contributed by atoms with Gasteiger partial charge in [-0.1, -0.05) is 25.1 Å². The second kappa shape index (κ2) is 12.4. The SMILES string of the molecule is CCNC(=NCc1ccc(-n2ccnc2C)nc1)NCc1cc(C(CC)CC)no1.I. The van der Waals surface area contributed by atoms with Crippen LogP contribution in [0, 0.1) is 6.92 Å². The lowest BCUT2D eigenvalue weighted by Gasteiger charge is -2.10. The van der Waals surface area contributed by atoms with E-state index in [1.54, 1.807) is 6.20 Å². The average Bonchev–Trinajstić information content (AvgIpc) is 3.41. The van der Waals surface area contributed by atoms with E-state index in [2.05, 4.69) is 44.6 Å². The normalized spacial score (nSPS) is 11.5. The Morgan fingerprint density at radius 3 is 2.58 bits per heavy atom. The number of aromatic nitrogens is 4. The minimum atomic E-state index is 0. The summed E-state index contributed by atoms with van der Waals surface area (Å²) in [6.45, 7) is 10.2. The van der Waals surface area contributed by atoms with Crippen LogP contribution in [0.5, 0.6) is 0 Å². The number of imidazole rings is 1. The zero-order chi connectivity index (χ0) is 21.3. The summed E-state index contributed by atoms with van der Waals surface area (Å²) in [4.78, 5) is 13.4. The van der Waals surface area contributed by atoms with Gasteiger partial charge in [0.15, 0.2) is 11.7 Å². The van der Waals surface area contributed by atoms with Gasteiger partial charge in [-0.15, -0.1) is 24.0 Å². The Morgan fingerprint density at radius 2 is 1.97 bits per heavy atom. The Morgan fingerprint density at radius 1 is 1.16 bits per heavy atom. The van der Waals surface area contributed by atoms with Crippen LogP contribution in [0.2, 0.25) is 0 Å². The highest BCUT2D eigenvalue weighted by Crippen LogP contribution is 2.22. The molecular weight excluding hydrogens is 505 g/mol. The number of hydrogen-bond acceptors (Lipinski definition) is 5. The van der Waals surface area contributed by atoms with E-state index in [4.69, 9.17) is 4.52 Å². The fraction of sp³-hybridized carbons (Fsp3) is 0.455. The predicted molar refractivity (Wildman–Crippen MR) is 133 cm³/mol. The molecule has 3 rings (SSSR count). The van der Waals surface area contributed by atoms with Gasteiger partial charge in [0.2, 0.25) is 0 Å². The zero-order valence-corrected chi connectivity index (χ0v) is 21.0. The van der Waals surface area contributed by atoms with E-state index in [-0.39, 0.29) is 24.0 Å². The first-order valence-electron chi connectivity index (χ1n) is 10.6. The largest absolute Gasteiger partial charge is 0.359 e. The van der Waals surface area contributed by atoms with Gasteiger partial charge in [0.1, 0.15) is 11.6 Å². The molecule has 0 saturated heterocycles. The first-order valence-corrected chi connectivity index (χ1v) is 10.6. The number of pyridine rings is 1. The lowest BCUT2D eigenvalue weighted by atomic mass is 9.99. The van der Waals surface area contributed by atoms with E-state index in [1.165, 1.54) is 0 Å². The van der Waals surface area contributed by atoms with Crippen LogP contribution in [0.3, 0.4) is 0 Å². The first-order chi connectivity index (χ1) is 14.6. The number of aryl methyl sites for hydroxylation is 1. The molecule has 0 amide bonds. The minimum absolute atomic E-state index is 0. The van der Waals surface area contributed by atoms with E-state index in [0.29, 0.717) is 19.0 Å². The van der Waals surface area contributed by atoms with Crippen molar-refractivity contribution in [1.82, 2.24) is 30.3 Å². The summed E-state index contributed by atoms with van der Waals surface area (Å²) in [6, 6.07) is 6.05. The van der Waals surface area contributed by atoms with E-state index in [1.807, 2.05) is 49.0 Å². The molecule has 9 heteroatoms. The molecule has 8 nitrogen and oxygen atoms in total. The Labute approximate surface area is 201 Å². The van der Waals surface area contributed by atoms with Gasteiger partial charge in [-0.25, -0.2) is 15.0 Å². The van der Waals surface area contributed by atoms with Crippen molar-refractivity contribution in [3.8, 4) is 5.82 Å². The molecule has 0 saturated carbocycles. The number of halogens is 1. The van der Waals surface area contributed by atoms with Crippen molar-refractivity contribution in [2.24, 2.45) is 4.99 Å². The van der Waals surface area contributed by atoms with Crippen molar-refractivity contribution in [2.45, 2.75) is 59.5 Å². The smallest absolute Gasteiger partial charge is 0.191 e. The highest BCUT2D eigenvalue weighted by Gasteiger charge is 2.13. The highest BCUT2D eigenvalue weighted by molar-refractivity contribution is 14.0. The summed E-state index contributed by atoms with van der Waals surface area (Å²) in [6.07, 6.45) is 7.65. The fourth-order valence-corrected chi connectivity index (χ4v) is 3.27. The van der Waals surface area contributed by atoms with Crippen molar-refractivity contribution in [1.29, 1.82) is 0 Å². The van der Waals surface area contributed by atoms with E-state index >= 15 is 0 Å². The van der Waals surface area contributed by atoms with Gasteiger partial charge in [0.05, 0.1) is 18.8 Å². The molecule has 168 valence electrons. The lowest BCUT2D eigenvalue weighted by molar-refractivity contribution is 0.368. The van der Waals surface area contributed by atoms with Gasteiger partial charge in [-0.05, 0) is 38.3 Å². The minimum Gasteiger partial charge on any atom is -0.359 e. The molecule has 0 spiro atoms. The van der Waals surface area contributed by atoms with Gasteiger partial charge in [0, 0.05) is 37.1 Å². The average molecular weight is 537 g/mol. The van der Waals surface area contributed by atoms with Gasteiger partial charge in [-0.2, -0.15) is 0 Å². The molecule has 0 atom stereocenters. The molecule has 2 N–H and O–H groups in total. The maximum Gasteiger partial charge on any atom is 0.191 e. The van der Waals surface area contributed by atoms with Crippen molar-refractivity contribution in [3.63, 3.8) is 0 Å². The Bertz CT molecular complexity index is 945. The van der Waals surface area contributed by atoms with Gasteiger partial charge < -0.3 is 15.2 Å². The molecular formula is C22H32IN7O. The highest BCUT2D eigenvalue weighted by atomic mass is 127. The Balaban J connectivity index is 0.00000341. The van der Waals surface area contributed by atoms with Crippen LogP contribution >= 0.6 is 24.0 Å². The van der Waals surface area contributed by atoms with Crippen LogP contribution in [0.1, 0.15) is 62.4 Å². The molecule has 0 radical (unpaired) electrons. The maximum atomic E-state index is 5.49. The standard InChI is InChI=1S/C22H31N7O.HI/c1-5-18(6-2)20-12-19(30-28-20)15-27-22(23-7-3)26-14-17-8-9-21(25-13-17)29-11-10-24-16(29)4;/h8-13,18H,5-7,14-15H2,1-4H3,(H2,23,26,27);1H. The number of nitrogens with one attached hydrogen (secondary N) is 2. The summed E-state index contributed by atoms with van der Waals surface area (Å²) >= 11 is 0. The molecule has 0 aromatic carbocycles. The summed E-state index contributed by atoms with van der Waals surface area (Å²) in [5.74, 6) is 3.75. The number of nitrogens with zero attached hydrogens (tertiary/aromatic N) is 5. The molecule has 0 unspecified atom stereocenters. The van der Waals surface area contributed by atoms with Gasteiger partial charge in [0.25, 0.3) is 0 Å². The summed E-state index contributed by atoms with van der Waals surface area (Å²) in [5, 5.41) is 10.8. The van der Waals surface area contributed by atoms with Crippen LogP contribution in [0.4, 0.5) is 0 Å². The second-order valence-electron chi connectivity index (χ2n) is 7.15. The third-order valence-electron chi connectivity index (χ3n) is 5.06. The molecule has 0 aliphatic rings. The topological polar surface area (TPSA) is 93.2 Å². The second-order valence-corrected chi connectivity index (χ2v) is 7.15. The third-order valence-corrected chi connectivity index (χ3v) is 5.06.